The Morgan fingerprint density at radius 3 is 2.40 bits per heavy atom. The van der Waals surface area contributed by atoms with Crippen molar-refractivity contribution in [1.29, 1.82) is 5.41 Å². The molecule has 35 heavy (non-hydrogen) atoms. The summed E-state index contributed by atoms with van der Waals surface area (Å²) in [7, 11) is 0. The smallest absolute Gasteiger partial charge is 0.239 e. The lowest BCUT2D eigenvalue weighted by Crippen LogP contribution is -2.46. The molecule has 1 aliphatic rings. The zero-order chi connectivity index (χ0) is 25.6. The van der Waals surface area contributed by atoms with Crippen molar-refractivity contribution >= 4 is 11.9 Å². The highest BCUT2D eigenvalue weighted by molar-refractivity contribution is 5.79. The second-order valence-corrected chi connectivity index (χ2v) is 9.11. The van der Waals surface area contributed by atoms with E-state index >= 15 is 0 Å². The molecule has 2 unspecified atom stereocenters. The third-order valence-corrected chi connectivity index (χ3v) is 6.51. The van der Waals surface area contributed by atoms with Crippen LogP contribution in [0.5, 0.6) is 0 Å². The predicted octanol–water partition coefficient (Wildman–Crippen LogP) is 0.936. The van der Waals surface area contributed by atoms with Gasteiger partial charge in [0.1, 0.15) is 0 Å². The Kier molecular flexibility index (Phi) is 12.1. The quantitative estimate of drug-likeness (QED) is 0.131. The highest BCUT2D eigenvalue weighted by atomic mass is 16.2. The second kappa shape index (κ2) is 15.1. The highest BCUT2D eigenvalue weighted by Gasteiger charge is 2.23. The zero-order valence-corrected chi connectivity index (χ0v) is 21.0. The van der Waals surface area contributed by atoms with Crippen LogP contribution < -0.4 is 27.8 Å². The first-order valence-electron chi connectivity index (χ1n) is 12.5. The van der Waals surface area contributed by atoms with Gasteiger partial charge in [-0.05, 0) is 44.2 Å². The van der Waals surface area contributed by atoms with Crippen molar-refractivity contribution in [3.8, 4) is 0 Å². The number of nitrogens with two attached hydrogens (primary N) is 3. The summed E-state index contributed by atoms with van der Waals surface area (Å²) in [4.78, 5) is 16.9. The number of carbonyl (C=O) groups is 1. The minimum absolute atomic E-state index is 0.0434. The summed E-state index contributed by atoms with van der Waals surface area (Å²) in [6, 6.07) is 9.96. The molecule has 9 N–H and O–H groups in total. The lowest BCUT2D eigenvalue weighted by molar-refractivity contribution is -0.120. The van der Waals surface area contributed by atoms with Crippen LogP contribution in [0.1, 0.15) is 31.2 Å². The van der Waals surface area contributed by atoms with E-state index in [-0.39, 0.29) is 30.4 Å². The Hall–Kier alpha value is -3.04. The number of amides is 1. The van der Waals surface area contributed by atoms with Crippen LogP contribution in [0, 0.1) is 11.3 Å². The van der Waals surface area contributed by atoms with Gasteiger partial charge in [0.2, 0.25) is 5.91 Å². The van der Waals surface area contributed by atoms with Gasteiger partial charge in [0.05, 0.1) is 12.6 Å². The molecule has 0 bridgehead atoms. The van der Waals surface area contributed by atoms with E-state index < -0.39 is 0 Å². The highest BCUT2D eigenvalue weighted by Crippen LogP contribution is 2.17. The van der Waals surface area contributed by atoms with Gasteiger partial charge >= 0.3 is 0 Å². The van der Waals surface area contributed by atoms with E-state index in [1.165, 1.54) is 5.56 Å². The standard InChI is InChI=1S/C26H44N8O/c1-20(23(18-28)17-22-9-4-3-5-10-22)31-19-25(35)32-24(11-6-7-12-27)21(2)33-13-8-14-34(16-15-33)26(29)30/h3-5,9-10,23-24,31H,1-2,6-8,11-19,27-28H2,(H3,29,30)(H,32,35). The summed E-state index contributed by atoms with van der Waals surface area (Å²) >= 11 is 0. The Morgan fingerprint density at radius 1 is 1.06 bits per heavy atom. The topological polar surface area (TPSA) is 150 Å². The molecule has 2 atom stereocenters. The molecule has 1 amide bonds. The number of nitrogens with one attached hydrogen (secondary N) is 3. The summed E-state index contributed by atoms with van der Waals surface area (Å²) in [5, 5.41) is 14.0. The van der Waals surface area contributed by atoms with Gasteiger partial charge in [-0.1, -0.05) is 43.5 Å². The van der Waals surface area contributed by atoms with Gasteiger partial charge in [-0.3, -0.25) is 10.2 Å². The second-order valence-electron chi connectivity index (χ2n) is 9.11. The van der Waals surface area contributed by atoms with E-state index in [0.29, 0.717) is 26.2 Å². The lowest BCUT2D eigenvalue weighted by Gasteiger charge is -2.32. The zero-order valence-electron chi connectivity index (χ0n) is 21.0. The van der Waals surface area contributed by atoms with Crippen molar-refractivity contribution < 1.29 is 4.79 Å². The molecule has 2 rings (SSSR count). The molecule has 9 nitrogen and oxygen atoms in total. The molecule has 194 valence electrons. The summed E-state index contributed by atoms with van der Waals surface area (Å²) in [6.07, 6.45) is 4.22. The normalized spacial score (nSPS) is 15.6. The number of benzene rings is 1. The van der Waals surface area contributed by atoms with E-state index in [4.69, 9.17) is 22.6 Å². The van der Waals surface area contributed by atoms with Gasteiger partial charge in [-0.25, -0.2) is 0 Å². The van der Waals surface area contributed by atoms with Crippen molar-refractivity contribution in [3.05, 3.63) is 60.4 Å². The molecule has 0 aromatic heterocycles. The van der Waals surface area contributed by atoms with E-state index in [2.05, 4.69) is 40.8 Å². The first-order chi connectivity index (χ1) is 16.8. The molecule has 1 aliphatic heterocycles. The van der Waals surface area contributed by atoms with Crippen LogP contribution in [0.15, 0.2) is 54.9 Å². The summed E-state index contributed by atoms with van der Waals surface area (Å²) in [5.74, 6) is 0.0298. The number of hydrogen-bond donors (Lipinski definition) is 6. The van der Waals surface area contributed by atoms with E-state index in [1.807, 2.05) is 23.1 Å². The summed E-state index contributed by atoms with van der Waals surface area (Å²) < 4.78 is 0. The monoisotopic (exact) mass is 484 g/mol. The molecule has 1 aromatic carbocycles. The van der Waals surface area contributed by atoms with E-state index in [9.17, 15) is 4.79 Å². The van der Waals surface area contributed by atoms with Crippen LogP contribution in [-0.2, 0) is 11.2 Å². The molecule has 0 radical (unpaired) electrons. The maximum Gasteiger partial charge on any atom is 0.239 e. The molecule has 9 heteroatoms. The molecule has 0 aliphatic carbocycles. The summed E-state index contributed by atoms with van der Waals surface area (Å²) in [5.41, 5.74) is 20.2. The fourth-order valence-electron chi connectivity index (χ4n) is 4.31. The Labute approximate surface area is 210 Å². The predicted molar refractivity (Wildman–Crippen MR) is 143 cm³/mol. The lowest BCUT2D eigenvalue weighted by atomic mass is 9.97. The largest absolute Gasteiger partial charge is 0.380 e. The fraction of sp³-hybridized carbons (Fsp3) is 0.538. The maximum absolute atomic E-state index is 12.9. The van der Waals surface area contributed by atoms with Crippen molar-refractivity contribution in [2.45, 2.75) is 38.1 Å². The van der Waals surface area contributed by atoms with Gasteiger partial charge in [-0.15, -0.1) is 0 Å². The summed E-state index contributed by atoms with van der Waals surface area (Å²) in [6.45, 7) is 12.6. The Bertz CT molecular complexity index is 828. The van der Waals surface area contributed by atoms with Crippen molar-refractivity contribution in [3.63, 3.8) is 0 Å². The number of guanidine groups is 1. The number of carbonyl (C=O) groups excluding carboxylic acids is 1. The molecule has 1 heterocycles. The molecular weight excluding hydrogens is 440 g/mol. The van der Waals surface area contributed by atoms with Crippen molar-refractivity contribution in [2.24, 2.45) is 23.1 Å². The molecule has 0 saturated carbocycles. The first-order valence-corrected chi connectivity index (χ1v) is 12.5. The number of unbranched alkanes of at least 4 members (excludes halogenated alkanes) is 1. The van der Waals surface area contributed by atoms with Crippen LogP contribution in [0.4, 0.5) is 0 Å². The van der Waals surface area contributed by atoms with Gasteiger partial charge in [0.25, 0.3) is 0 Å². The van der Waals surface area contributed by atoms with Crippen LogP contribution in [0.25, 0.3) is 0 Å². The van der Waals surface area contributed by atoms with E-state index in [1.54, 1.807) is 0 Å². The van der Waals surface area contributed by atoms with Gasteiger partial charge in [0.15, 0.2) is 5.96 Å². The maximum atomic E-state index is 12.9. The molecule has 1 aromatic rings. The van der Waals surface area contributed by atoms with Crippen molar-refractivity contribution in [1.82, 2.24) is 20.4 Å². The molecule has 0 spiro atoms. The number of hydrogen-bond acceptors (Lipinski definition) is 6. The Balaban J connectivity index is 1.92. The van der Waals surface area contributed by atoms with Gasteiger partial charge in [-0.2, -0.15) is 0 Å². The minimum Gasteiger partial charge on any atom is -0.380 e. The minimum atomic E-state index is -0.178. The number of nitrogens with zero attached hydrogens (tertiary/aromatic N) is 2. The van der Waals surface area contributed by atoms with Crippen LogP contribution >= 0.6 is 0 Å². The van der Waals surface area contributed by atoms with E-state index in [0.717, 1.165) is 56.6 Å². The third kappa shape index (κ3) is 9.62. The van der Waals surface area contributed by atoms with Crippen LogP contribution in [0.2, 0.25) is 0 Å². The average molecular weight is 485 g/mol. The van der Waals surface area contributed by atoms with Gasteiger partial charge in [0, 0.05) is 50.0 Å². The molecule has 1 saturated heterocycles. The van der Waals surface area contributed by atoms with Crippen LogP contribution in [0.3, 0.4) is 0 Å². The van der Waals surface area contributed by atoms with Crippen molar-refractivity contribution in [2.75, 3.05) is 45.8 Å². The third-order valence-electron chi connectivity index (χ3n) is 6.51. The van der Waals surface area contributed by atoms with Crippen LogP contribution in [-0.4, -0.2) is 73.5 Å². The van der Waals surface area contributed by atoms with Gasteiger partial charge < -0.3 is 37.6 Å². The SMILES string of the molecule is C=C(NCC(=O)NC(CCCCN)C(=C)N1CCCN(C(=N)N)CC1)C(CN)Cc1ccccc1. The molecule has 1 fully saturated rings. The average Bonchev–Trinajstić information content (AvgIpc) is 3.12. The Morgan fingerprint density at radius 2 is 1.74 bits per heavy atom. The fourth-order valence-corrected chi connectivity index (χ4v) is 4.31. The first kappa shape index (κ1) is 28.2. The number of rotatable bonds is 14. The molecular formula is C26H44N8O.